The lowest BCUT2D eigenvalue weighted by Crippen LogP contribution is -2.14. The molecule has 9 heteroatoms. The molecular formula is C21H20N2O5S2. The van der Waals surface area contributed by atoms with Crippen LogP contribution in [0.4, 0.5) is 5.69 Å². The van der Waals surface area contributed by atoms with E-state index in [0.29, 0.717) is 5.01 Å². The first-order valence-corrected chi connectivity index (χ1v) is 11.8. The van der Waals surface area contributed by atoms with Crippen molar-refractivity contribution in [3.8, 4) is 16.3 Å². The summed E-state index contributed by atoms with van der Waals surface area (Å²) >= 11 is 1.29. The molecule has 0 atom stereocenters. The third kappa shape index (κ3) is 3.90. The zero-order chi connectivity index (χ0) is 21.3. The number of carboxylic acids is 1. The Morgan fingerprint density at radius 2 is 2.00 bits per heavy atom. The van der Waals surface area contributed by atoms with Gasteiger partial charge in [-0.25, -0.2) is 9.78 Å². The molecule has 156 valence electrons. The standard InChI is InChI=1S/C21H20N2O5S2/c1-28-18-11-14(21(24)25)9-10-17(18)23-30(26,27)19-12-29-20(22-19)16-8-4-6-13-5-2-3-7-15(13)16/h4,6,8-12,23H,2-3,5,7H2,1H3,(H,24,25). The summed E-state index contributed by atoms with van der Waals surface area (Å²) < 4.78 is 33.4. The number of aryl methyl sites for hydroxylation is 1. The maximum atomic E-state index is 12.9. The van der Waals surface area contributed by atoms with Crippen molar-refractivity contribution in [3.05, 3.63) is 58.5 Å². The van der Waals surface area contributed by atoms with Crippen LogP contribution in [-0.4, -0.2) is 31.6 Å². The molecule has 30 heavy (non-hydrogen) atoms. The van der Waals surface area contributed by atoms with E-state index in [2.05, 4.69) is 15.8 Å². The van der Waals surface area contributed by atoms with E-state index >= 15 is 0 Å². The molecule has 0 saturated heterocycles. The number of aromatic carboxylic acids is 1. The second-order valence-corrected chi connectivity index (χ2v) is 9.45. The number of rotatable bonds is 6. The quantitative estimate of drug-likeness (QED) is 0.590. The molecule has 0 spiro atoms. The summed E-state index contributed by atoms with van der Waals surface area (Å²) in [4.78, 5) is 15.5. The highest BCUT2D eigenvalue weighted by Gasteiger charge is 2.23. The summed E-state index contributed by atoms with van der Waals surface area (Å²) in [6.07, 6.45) is 4.29. The molecule has 1 aliphatic rings. The molecule has 7 nitrogen and oxygen atoms in total. The number of sulfonamides is 1. The molecule has 0 fully saturated rings. The largest absolute Gasteiger partial charge is 0.495 e. The molecule has 0 amide bonds. The van der Waals surface area contributed by atoms with Gasteiger partial charge in [0.25, 0.3) is 10.0 Å². The highest BCUT2D eigenvalue weighted by Crippen LogP contribution is 2.35. The number of fused-ring (bicyclic) bond motifs is 1. The maximum absolute atomic E-state index is 12.9. The van der Waals surface area contributed by atoms with Gasteiger partial charge in [-0.15, -0.1) is 11.3 Å². The normalized spacial score (nSPS) is 13.5. The van der Waals surface area contributed by atoms with Crippen molar-refractivity contribution in [1.29, 1.82) is 0 Å². The summed E-state index contributed by atoms with van der Waals surface area (Å²) in [6, 6.07) is 10.0. The van der Waals surface area contributed by atoms with E-state index in [4.69, 9.17) is 9.84 Å². The van der Waals surface area contributed by atoms with E-state index in [1.807, 2.05) is 12.1 Å². The van der Waals surface area contributed by atoms with Gasteiger partial charge >= 0.3 is 5.97 Å². The van der Waals surface area contributed by atoms with Crippen molar-refractivity contribution in [2.75, 3.05) is 11.8 Å². The van der Waals surface area contributed by atoms with Crippen molar-refractivity contribution in [2.45, 2.75) is 30.7 Å². The molecule has 1 aliphatic carbocycles. The van der Waals surface area contributed by atoms with Crippen molar-refractivity contribution >= 4 is 33.0 Å². The van der Waals surface area contributed by atoms with Crippen LogP contribution in [0.2, 0.25) is 0 Å². The SMILES string of the molecule is COc1cc(C(=O)O)ccc1NS(=O)(=O)c1csc(-c2cccc3c2CCCC3)n1. The Kier molecular flexibility index (Phi) is 5.48. The Labute approximate surface area is 178 Å². The van der Waals surface area contributed by atoms with Crippen molar-refractivity contribution in [1.82, 2.24) is 4.98 Å². The van der Waals surface area contributed by atoms with Crippen LogP contribution >= 0.6 is 11.3 Å². The van der Waals surface area contributed by atoms with E-state index in [-0.39, 0.29) is 22.0 Å². The fourth-order valence-electron chi connectivity index (χ4n) is 3.59. The van der Waals surface area contributed by atoms with Crippen LogP contribution in [0.25, 0.3) is 10.6 Å². The molecular weight excluding hydrogens is 424 g/mol. The number of nitrogens with zero attached hydrogens (tertiary/aromatic N) is 1. The molecule has 0 unspecified atom stereocenters. The first-order chi connectivity index (χ1) is 14.4. The van der Waals surface area contributed by atoms with Crippen LogP contribution < -0.4 is 9.46 Å². The van der Waals surface area contributed by atoms with Crippen molar-refractivity contribution < 1.29 is 23.1 Å². The molecule has 0 aliphatic heterocycles. The van der Waals surface area contributed by atoms with E-state index in [9.17, 15) is 13.2 Å². The highest BCUT2D eigenvalue weighted by atomic mass is 32.2. The van der Waals surface area contributed by atoms with Gasteiger partial charge in [-0.3, -0.25) is 4.72 Å². The fraction of sp³-hybridized carbons (Fsp3) is 0.238. The number of ether oxygens (including phenoxy) is 1. The smallest absolute Gasteiger partial charge is 0.335 e. The Balaban J connectivity index is 1.65. The van der Waals surface area contributed by atoms with E-state index in [1.165, 1.54) is 59.6 Å². The molecule has 0 radical (unpaired) electrons. The molecule has 4 rings (SSSR count). The minimum Gasteiger partial charge on any atom is -0.495 e. The minimum atomic E-state index is -3.97. The lowest BCUT2D eigenvalue weighted by atomic mass is 9.88. The van der Waals surface area contributed by atoms with Gasteiger partial charge in [-0.1, -0.05) is 18.2 Å². The molecule has 1 heterocycles. The number of aromatic nitrogens is 1. The molecule has 2 aromatic carbocycles. The van der Waals surface area contributed by atoms with Crippen LogP contribution in [0, 0.1) is 0 Å². The van der Waals surface area contributed by atoms with Crippen LogP contribution in [-0.2, 0) is 22.9 Å². The van der Waals surface area contributed by atoms with E-state index in [1.54, 1.807) is 0 Å². The van der Waals surface area contributed by atoms with Crippen molar-refractivity contribution in [2.24, 2.45) is 0 Å². The monoisotopic (exact) mass is 444 g/mol. The number of carbonyl (C=O) groups is 1. The zero-order valence-electron chi connectivity index (χ0n) is 16.2. The van der Waals surface area contributed by atoms with Crippen LogP contribution in [0.5, 0.6) is 5.75 Å². The first kappa shape index (κ1) is 20.4. The number of benzene rings is 2. The summed E-state index contributed by atoms with van der Waals surface area (Å²) in [7, 11) is -2.62. The van der Waals surface area contributed by atoms with Crippen LogP contribution in [0.15, 0.2) is 46.8 Å². The lowest BCUT2D eigenvalue weighted by Gasteiger charge is -2.18. The number of thiazole rings is 1. The van der Waals surface area contributed by atoms with Crippen LogP contribution in [0.3, 0.4) is 0 Å². The Bertz CT molecular complexity index is 1220. The van der Waals surface area contributed by atoms with Crippen LogP contribution in [0.1, 0.15) is 34.3 Å². The molecule has 0 saturated carbocycles. The van der Waals surface area contributed by atoms with Gasteiger partial charge in [0, 0.05) is 10.9 Å². The molecule has 2 N–H and O–H groups in total. The number of hydrogen-bond acceptors (Lipinski definition) is 6. The van der Waals surface area contributed by atoms with Gasteiger partial charge in [0.1, 0.15) is 10.8 Å². The number of nitrogens with one attached hydrogen (secondary N) is 1. The zero-order valence-corrected chi connectivity index (χ0v) is 17.8. The average molecular weight is 445 g/mol. The minimum absolute atomic E-state index is 0.000376. The third-order valence-electron chi connectivity index (χ3n) is 5.08. The summed E-state index contributed by atoms with van der Waals surface area (Å²) in [5, 5.41) is 11.2. The summed E-state index contributed by atoms with van der Waals surface area (Å²) in [5.74, 6) is -1.01. The van der Waals surface area contributed by atoms with Crippen molar-refractivity contribution in [3.63, 3.8) is 0 Å². The van der Waals surface area contributed by atoms with E-state index < -0.39 is 16.0 Å². The lowest BCUT2D eigenvalue weighted by molar-refractivity contribution is 0.0696. The van der Waals surface area contributed by atoms with E-state index in [0.717, 1.165) is 24.8 Å². The summed E-state index contributed by atoms with van der Waals surface area (Å²) in [5.41, 5.74) is 3.69. The average Bonchev–Trinajstić information content (AvgIpc) is 3.24. The number of methoxy groups -OCH3 is 1. The number of hydrogen-bond donors (Lipinski definition) is 2. The Morgan fingerprint density at radius 3 is 2.77 bits per heavy atom. The Morgan fingerprint density at radius 1 is 1.20 bits per heavy atom. The van der Waals surface area contributed by atoms with Gasteiger partial charge in [0.2, 0.25) is 0 Å². The topological polar surface area (TPSA) is 106 Å². The highest BCUT2D eigenvalue weighted by molar-refractivity contribution is 7.92. The predicted molar refractivity (Wildman–Crippen MR) is 115 cm³/mol. The van der Waals surface area contributed by atoms with Gasteiger partial charge in [0.05, 0.1) is 18.4 Å². The van der Waals surface area contributed by atoms with Gasteiger partial charge in [-0.2, -0.15) is 8.42 Å². The van der Waals surface area contributed by atoms with Gasteiger partial charge < -0.3 is 9.84 Å². The van der Waals surface area contributed by atoms with Gasteiger partial charge in [0.15, 0.2) is 5.03 Å². The third-order valence-corrected chi connectivity index (χ3v) is 7.35. The summed E-state index contributed by atoms with van der Waals surface area (Å²) in [6.45, 7) is 0. The maximum Gasteiger partial charge on any atom is 0.335 e. The number of carboxylic acid groups (broad SMARTS) is 1. The Hall–Kier alpha value is -2.91. The molecule has 0 bridgehead atoms. The second-order valence-electron chi connectivity index (χ2n) is 6.97. The molecule has 3 aromatic rings. The number of anilines is 1. The second kappa shape index (κ2) is 8.08. The molecule has 1 aromatic heterocycles. The first-order valence-electron chi connectivity index (χ1n) is 9.40. The van der Waals surface area contributed by atoms with Gasteiger partial charge in [-0.05, 0) is 55.0 Å². The fourth-order valence-corrected chi connectivity index (χ4v) is 5.81. The predicted octanol–water partition coefficient (Wildman–Crippen LogP) is 4.20.